The maximum absolute atomic E-state index is 12.5. The van der Waals surface area contributed by atoms with Crippen molar-refractivity contribution < 1.29 is 17.6 Å². The van der Waals surface area contributed by atoms with Crippen LogP contribution in [0.5, 0.6) is 0 Å². The van der Waals surface area contributed by atoms with E-state index >= 15 is 0 Å². The van der Waals surface area contributed by atoms with Gasteiger partial charge in [-0.2, -0.15) is 0 Å². The highest BCUT2D eigenvalue weighted by Gasteiger charge is 2.18. The summed E-state index contributed by atoms with van der Waals surface area (Å²) in [5.74, 6) is 0.130. The van der Waals surface area contributed by atoms with Crippen LogP contribution in [0.3, 0.4) is 0 Å². The Balaban J connectivity index is 1.93. The van der Waals surface area contributed by atoms with Crippen molar-refractivity contribution in [3.8, 4) is 0 Å². The zero-order valence-electron chi connectivity index (χ0n) is 13.2. The van der Waals surface area contributed by atoms with Gasteiger partial charge in [-0.25, -0.2) is 13.4 Å². The first-order valence-corrected chi connectivity index (χ1v) is 9.27. The summed E-state index contributed by atoms with van der Waals surface area (Å²) in [5.41, 5.74) is 1.91. The number of hydrogen-bond donors (Lipinski definition) is 1. The van der Waals surface area contributed by atoms with Crippen LogP contribution in [0.2, 0.25) is 0 Å². The number of fused-ring (bicyclic) bond motifs is 1. The van der Waals surface area contributed by atoms with Crippen molar-refractivity contribution in [2.75, 3.05) is 11.6 Å². The Labute approximate surface area is 139 Å². The van der Waals surface area contributed by atoms with Gasteiger partial charge in [-0.3, -0.25) is 4.79 Å². The lowest BCUT2D eigenvalue weighted by Gasteiger charge is -2.08. The highest BCUT2D eigenvalue weighted by molar-refractivity contribution is 7.90. The number of benzene rings is 2. The lowest BCUT2D eigenvalue weighted by Crippen LogP contribution is -2.15. The molecule has 0 fully saturated rings. The van der Waals surface area contributed by atoms with Crippen LogP contribution in [0.25, 0.3) is 11.1 Å². The van der Waals surface area contributed by atoms with Gasteiger partial charge in [0.1, 0.15) is 5.52 Å². The van der Waals surface area contributed by atoms with E-state index in [0.29, 0.717) is 29.1 Å². The minimum atomic E-state index is -3.49. The maximum atomic E-state index is 12.5. The first-order valence-electron chi connectivity index (χ1n) is 7.38. The highest BCUT2D eigenvalue weighted by Crippen LogP contribution is 2.22. The molecule has 0 bridgehead atoms. The molecule has 6 nitrogen and oxygen atoms in total. The smallest absolute Gasteiger partial charge is 0.256 e. The summed E-state index contributed by atoms with van der Waals surface area (Å²) in [4.78, 5) is 16.8. The summed E-state index contributed by atoms with van der Waals surface area (Å²) in [6.45, 7) is 1.94. The Bertz CT molecular complexity index is 1020. The van der Waals surface area contributed by atoms with Crippen LogP contribution in [0, 0.1) is 0 Å². The molecule has 2 aromatic carbocycles. The van der Waals surface area contributed by atoms with Gasteiger partial charge in [0.05, 0.1) is 10.5 Å². The van der Waals surface area contributed by atoms with Gasteiger partial charge in [-0.05, 0) is 30.3 Å². The van der Waals surface area contributed by atoms with E-state index < -0.39 is 15.7 Å². The van der Waals surface area contributed by atoms with Crippen molar-refractivity contribution in [1.29, 1.82) is 0 Å². The van der Waals surface area contributed by atoms with Gasteiger partial charge in [0.2, 0.25) is 0 Å². The van der Waals surface area contributed by atoms with Crippen molar-refractivity contribution in [1.82, 2.24) is 4.98 Å². The fourth-order valence-corrected chi connectivity index (χ4v) is 3.27. The fourth-order valence-electron chi connectivity index (χ4n) is 2.38. The number of sulfone groups is 1. The zero-order chi connectivity index (χ0) is 17.3. The van der Waals surface area contributed by atoms with E-state index in [2.05, 4.69) is 10.3 Å². The molecule has 3 aromatic rings. The van der Waals surface area contributed by atoms with Crippen LogP contribution >= 0.6 is 0 Å². The van der Waals surface area contributed by atoms with Gasteiger partial charge in [0.15, 0.2) is 21.3 Å². The molecule has 24 heavy (non-hydrogen) atoms. The van der Waals surface area contributed by atoms with E-state index in [4.69, 9.17) is 4.42 Å². The highest BCUT2D eigenvalue weighted by atomic mass is 32.2. The molecule has 0 spiro atoms. The van der Waals surface area contributed by atoms with E-state index in [0.717, 1.165) is 6.26 Å². The number of rotatable bonds is 4. The number of nitrogens with zero attached hydrogens (tertiary/aromatic N) is 1. The van der Waals surface area contributed by atoms with Crippen molar-refractivity contribution in [3.05, 3.63) is 53.9 Å². The van der Waals surface area contributed by atoms with Gasteiger partial charge in [0, 0.05) is 18.4 Å². The molecular formula is C17H16N2O4S. The number of oxazole rings is 1. The molecule has 0 radical (unpaired) electrons. The normalized spacial score (nSPS) is 11.6. The first-order chi connectivity index (χ1) is 11.4. The molecule has 7 heteroatoms. The van der Waals surface area contributed by atoms with E-state index in [9.17, 15) is 13.2 Å². The Hall–Kier alpha value is -2.67. The molecular weight excluding hydrogens is 328 g/mol. The van der Waals surface area contributed by atoms with E-state index in [1.807, 2.05) is 6.92 Å². The van der Waals surface area contributed by atoms with Crippen molar-refractivity contribution in [3.63, 3.8) is 0 Å². The summed E-state index contributed by atoms with van der Waals surface area (Å²) in [5, 5.41) is 2.71. The van der Waals surface area contributed by atoms with Gasteiger partial charge < -0.3 is 9.73 Å². The van der Waals surface area contributed by atoms with Crippen molar-refractivity contribution >= 4 is 32.5 Å². The number of amides is 1. The fraction of sp³-hybridized carbons (Fsp3) is 0.176. The molecule has 1 N–H and O–H groups in total. The SMILES string of the molecule is CCc1nc2cc(NC(=O)c3ccccc3S(C)(=O)=O)ccc2o1. The molecule has 1 amide bonds. The lowest BCUT2D eigenvalue weighted by molar-refractivity contribution is 0.102. The van der Waals surface area contributed by atoms with Gasteiger partial charge in [-0.1, -0.05) is 19.1 Å². The van der Waals surface area contributed by atoms with Crippen LogP contribution in [-0.4, -0.2) is 25.6 Å². The second-order valence-electron chi connectivity index (χ2n) is 5.37. The average Bonchev–Trinajstić information content (AvgIpc) is 2.96. The predicted molar refractivity (Wildman–Crippen MR) is 90.9 cm³/mol. The molecule has 0 aliphatic rings. The minimum Gasteiger partial charge on any atom is -0.441 e. The Morgan fingerprint density at radius 1 is 1.21 bits per heavy atom. The molecule has 124 valence electrons. The molecule has 0 atom stereocenters. The lowest BCUT2D eigenvalue weighted by atomic mass is 10.2. The summed E-state index contributed by atoms with van der Waals surface area (Å²) >= 11 is 0. The average molecular weight is 344 g/mol. The number of carbonyl (C=O) groups excluding carboxylic acids is 1. The van der Waals surface area contributed by atoms with E-state index in [1.54, 1.807) is 30.3 Å². The summed E-state index contributed by atoms with van der Waals surface area (Å²) in [6.07, 6.45) is 1.75. The number of aromatic nitrogens is 1. The zero-order valence-corrected chi connectivity index (χ0v) is 14.1. The van der Waals surface area contributed by atoms with Crippen LogP contribution < -0.4 is 5.32 Å². The summed E-state index contributed by atoms with van der Waals surface area (Å²) < 4.78 is 29.2. The second kappa shape index (κ2) is 6.09. The third-order valence-electron chi connectivity index (χ3n) is 3.52. The quantitative estimate of drug-likeness (QED) is 0.786. The molecule has 0 saturated heterocycles. The third kappa shape index (κ3) is 3.16. The van der Waals surface area contributed by atoms with Gasteiger partial charge in [-0.15, -0.1) is 0 Å². The van der Waals surface area contributed by atoms with Gasteiger partial charge >= 0.3 is 0 Å². The van der Waals surface area contributed by atoms with Crippen molar-refractivity contribution in [2.24, 2.45) is 0 Å². The topological polar surface area (TPSA) is 89.3 Å². The molecule has 0 aliphatic heterocycles. The number of anilines is 1. The second-order valence-corrected chi connectivity index (χ2v) is 7.35. The molecule has 1 heterocycles. The van der Waals surface area contributed by atoms with Gasteiger partial charge in [0.25, 0.3) is 5.91 Å². The monoisotopic (exact) mass is 344 g/mol. The Morgan fingerprint density at radius 2 is 1.96 bits per heavy atom. The number of aryl methyl sites for hydroxylation is 1. The summed E-state index contributed by atoms with van der Waals surface area (Å²) in [7, 11) is -3.49. The van der Waals surface area contributed by atoms with Crippen LogP contribution in [-0.2, 0) is 16.3 Å². The van der Waals surface area contributed by atoms with E-state index in [-0.39, 0.29) is 10.5 Å². The standard InChI is InChI=1S/C17H16N2O4S/c1-3-16-19-13-10-11(8-9-14(13)23-16)18-17(20)12-6-4-5-7-15(12)24(2,21)22/h4-10H,3H2,1-2H3,(H,18,20). The van der Waals surface area contributed by atoms with Crippen LogP contribution in [0.4, 0.5) is 5.69 Å². The molecule has 0 saturated carbocycles. The maximum Gasteiger partial charge on any atom is 0.256 e. The third-order valence-corrected chi connectivity index (χ3v) is 4.68. The first kappa shape index (κ1) is 16.2. The minimum absolute atomic E-state index is 0.00159. The molecule has 1 aromatic heterocycles. The molecule has 3 rings (SSSR count). The molecule has 0 aliphatic carbocycles. The van der Waals surface area contributed by atoms with Crippen molar-refractivity contribution in [2.45, 2.75) is 18.2 Å². The molecule has 0 unspecified atom stereocenters. The predicted octanol–water partition coefficient (Wildman–Crippen LogP) is 3.05. The number of hydrogen-bond acceptors (Lipinski definition) is 5. The largest absolute Gasteiger partial charge is 0.441 e. The van der Waals surface area contributed by atoms with Crippen LogP contribution in [0.1, 0.15) is 23.2 Å². The van der Waals surface area contributed by atoms with Crippen LogP contribution in [0.15, 0.2) is 51.8 Å². The Kier molecular flexibility index (Phi) is 4.11. The Morgan fingerprint density at radius 3 is 2.67 bits per heavy atom. The summed E-state index contributed by atoms with van der Waals surface area (Å²) in [6, 6.07) is 11.2. The van der Waals surface area contributed by atoms with E-state index in [1.165, 1.54) is 12.1 Å². The number of carbonyl (C=O) groups is 1. The number of nitrogens with one attached hydrogen (secondary N) is 1.